The highest BCUT2D eigenvalue weighted by atomic mass is 35.5. The van der Waals surface area contributed by atoms with E-state index >= 15 is 0 Å². The third-order valence-electron chi connectivity index (χ3n) is 3.36. The van der Waals surface area contributed by atoms with Crippen LogP contribution in [-0.4, -0.2) is 12.2 Å². The van der Waals surface area contributed by atoms with Crippen LogP contribution in [0.3, 0.4) is 0 Å². The summed E-state index contributed by atoms with van der Waals surface area (Å²) in [7, 11) is 0. The predicted octanol–water partition coefficient (Wildman–Crippen LogP) is 5.96. The lowest BCUT2D eigenvalue weighted by molar-refractivity contribution is 0.0735. The second kappa shape index (κ2) is 7.97. The van der Waals surface area contributed by atoms with E-state index in [1.165, 1.54) is 0 Å². The molecule has 5 heteroatoms. The van der Waals surface area contributed by atoms with Crippen molar-refractivity contribution in [2.24, 2.45) is 4.99 Å². The molecule has 0 fully saturated rings. The first-order chi connectivity index (χ1) is 12.1. The lowest BCUT2D eigenvalue weighted by Crippen LogP contribution is -2.08. The Morgan fingerprint density at radius 2 is 1.36 bits per heavy atom. The number of carbonyl (C=O) groups is 1. The second-order valence-corrected chi connectivity index (χ2v) is 6.07. The first-order valence-corrected chi connectivity index (χ1v) is 8.23. The average molecular weight is 370 g/mol. The molecule has 124 valence electrons. The topological polar surface area (TPSA) is 38.7 Å². The lowest BCUT2D eigenvalue weighted by atomic mass is 10.2. The van der Waals surface area contributed by atoms with Crippen LogP contribution in [0.1, 0.15) is 15.9 Å². The molecule has 0 aliphatic rings. The summed E-state index contributed by atoms with van der Waals surface area (Å²) in [5, 5.41) is 1.24. The van der Waals surface area contributed by atoms with Crippen LogP contribution in [0.4, 0.5) is 5.69 Å². The number of carbonyl (C=O) groups excluding carboxylic acids is 1. The fourth-order valence-corrected chi connectivity index (χ4v) is 2.30. The van der Waals surface area contributed by atoms with E-state index in [0.717, 1.165) is 11.3 Å². The van der Waals surface area contributed by atoms with Crippen molar-refractivity contribution in [2.75, 3.05) is 0 Å². The van der Waals surface area contributed by atoms with Gasteiger partial charge in [-0.3, -0.25) is 4.99 Å². The number of ether oxygens (including phenoxy) is 1. The normalized spacial score (nSPS) is 10.8. The molecule has 0 saturated carbocycles. The molecule has 0 N–H and O–H groups in total. The van der Waals surface area contributed by atoms with Crippen molar-refractivity contribution in [3.05, 3.63) is 94.0 Å². The van der Waals surface area contributed by atoms with Gasteiger partial charge in [0.25, 0.3) is 0 Å². The number of benzene rings is 3. The van der Waals surface area contributed by atoms with Gasteiger partial charge in [0.1, 0.15) is 5.75 Å². The summed E-state index contributed by atoms with van der Waals surface area (Å²) in [5.74, 6) is 0.0304. The van der Waals surface area contributed by atoms with Crippen LogP contribution in [0.15, 0.2) is 77.8 Å². The summed E-state index contributed by atoms with van der Waals surface area (Å²) in [6.07, 6.45) is 1.73. The molecule has 0 saturated heterocycles. The fourth-order valence-electron chi connectivity index (χ4n) is 2.05. The zero-order valence-corrected chi connectivity index (χ0v) is 14.5. The first-order valence-electron chi connectivity index (χ1n) is 7.47. The third kappa shape index (κ3) is 4.92. The Hall–Kier alpha value is -2.62. The van der Waals surface area contributed by atoms with Gasteiger partial charge in [-0.15, -0.1) is 0 Å². The molecular formula is C20H13Cl2NO2. The monoisotopic (exact) mass is 369 g/mol. The number of rotatable bonds is 4. The summed E-state index contributed by atoms with van der Waals surface area (Å²) in [6, 6.07) is 20.9. The molecule has 0 atom stereocenters. The Kier molecular flexibility index (Phi) is 5.49. The highest BCUT2D eigenvalue weighted by Gasteiger charge is 2.08. The van der Waals surface area contributed by atoms with Gasteiger partial charge in [0, 0.05) is 16.3 Å². The van der Waals surface area contributed by atoms with Crippen LogP contribution >= 0.6 is 23.2 Å². The first kappa shape index (κ1) is 17.2. The van der Waals surface area contributed by atoms with Crippen LogP contribution < -0.4 is 4.74 Å². The lowest BCUT2D eigenvalue weighted by Gasteiger charge is -2.04. The predicted molar refractivity (Wildman–Crippen MR) is 102 cm³/mol. The van der Waals surface area contributed by atoms with Crippen LogP contribution in [0.25, 0.3) is 0 Å². The maximum Gasteiger partial charge on any atom is 0.343 e. The molecular weight excluding hydrogens is 357 g/mol. The van der Waals surface area contributed by atoms with Gasteiger partial charge in [0.05, 0.1) is 11.3 Å². The van der Waals surface area contributed by atoms with E-state index in [0.29, 0.717) is 21.4 Å². The molecule has 0 spiro atoms. The Morgan fingerprint density at radius 3 is 1.96 bits per heavy atom. The van der Waals surface area contributed by atoms with Crippen LogP contribution in [0.2, 0.25) is 10.0 Å². The van der Waals surface area contributed by atoms with Crippen molar-refractivity contribution in [2.45, 2.75) is 0 Å². The van der Waals surface area contributed by atoms with Crippen molar-refractivity contribution >= 4 is 41.1 Å². The summed E-state index contributed by atoms with van der Waals surface area (Å²) < 4.78 is 5.33. The number of hydrogen-bond donors (Lipinski definition) is 0. The highest BCUT2D eigenvalue weighted by molar-refractivity contribution is 6.30. The third-order valence-corrected chi connectivity index (χ3v) is 3.86. The minimum absolute atomic E-state index is 0.431. The van der Waals surface area contributed by atoms with E-state index in [4.69, 9.17) is 27.9 Å². The molecule has 3 nitrogen and oxygen atoms in total. The zero-order chi connectivity index (χ0) is 17.6. The molecule has 0 unspecified atom stereocenters. The summed E-state index contributed by atoms with van der Waals surface area (Å²) in [6.45, 7) is 0. The highest BCUT2D eigenvalue weighted by Crippen LogP contribution is 2.18. The average Bonchev–Trinajstić information content (AvgIpc) is 2.63. The summed E-state index contributed by atoms with van der Waals surface area (Å²) in [5.41, 5.74) is 2.14. The van der Waals surface area contributed by atoms with Gasteiger partial charge in [-0.1, -0.05) is 23.2 Å². The standard InChI is InChI=1S/C20H13Cl2NO2/c21-16-5-3-15(4-6-16)20(24)25-19-11-1-14(2-12-19)13-23-18-9-7-17(22)8-10-18/h1-13H. The maximum absolute atomic E-state index is 12.0. The van der Waals surface area contributed by atoms with Gasteiger partial charge in [-0.2, -0.15) is 0 Å². The Balaban J connectivity index is 1.64. The Bertz CT molecular complexity index is 886. The smallest absolute Gasteiger partial charge is 0.343 e. The number of esters is 1. The van der Waals surface area contributed by atoms with E-state index in [-0.39, 0.29) is 0 Å². The van der Waals surface area contributed by atoms with Gasteiger partial charge in [-0.05, 0) is 78.4 Å². The minimum Gasteiger partial charge on any atom is -0.423 e. The van der Waals surface area contributed by atoms with Gasteiger partial charge < -0.3 is 4.74 Å². The molecule has 3 rings (SSSR count). The molecule has 0 amide bonds. The van der Waals surface area contributed by atoms with E-state index in [1.54, 1.807) is 54.7 Å². The molecule has 0 radical (unpaired) electrons. The van der Waals surface area contributed by atoms with Crippen molar-refractivity contribution in [1.82, 2.24) is 0 Å². The maximum atomic E-state index is 12.0. The minimum atomic E-state index is -0.431. The molecule has 0 heterocycles. The van der Waals surface area contributed by atoms with Crippen molar-refractivity contribution in [3.63, 3.8) is 0 Å². The Morgan fingerprint density at radius 1 is 0.800 bits per heavy atom. The van der Waals surface area contributed by atoms with Gasteiger partial charge in [0.2, 0.25) is 0 Å². The molecule has 25 heavy (non-hydrogen) atoms. The number of aliphatic imine (C=N–C) groups is 1. The summed E-state index contributed by atoms with van der Waals surface area (Å²) >= 11 is 11.6. The molecule has 0 bridgehead atoms. The van der Waals surface area contributed by atoms with Crippen molar-refractivity contribution < 1.29 is 9.53 Å². The van der Waals surface area contributed by atoms with Crippen molar-refractivity contribution in [3.8, 4) is 5.75 Å². The van der Waals surface area contributed by atoms with E-state index in [2.05, 4.69) is 4.99 Å². The van der Waals surface area contributed by atoms with Crippen molar-refractivity contribution in [1.29, 1.82) is 0 Å². The molecule has 3 aromatic rings. The molecule has 0 aliphatic heterocycles. The number of nitrogens with zero attached hydrogens (tertiary/aromatic N) is 1. The zero-order valence-electron chi connectivity index (χ0n) is 13.0. The van der Waals surface area contributed by atoms with E-state index in [1.807, 2.05) is 24.3 Å². The van der Waals surface area contributed by atoms with Gasteiger partial charge in [0.15, 0.2) is 0 Å². The van der Waals surface area contributed by atoms with E-state index in [9.17, 15) is 4.79 Å². The second-order valence-electron chi connectivity index (χ2n) is 5.20. The van der Waals surface area contributed by atoms with Crippen LogP contribution in [-0.2, 0) is 0 Å². The summed E-state index contributed by atoms with van der Waals surface area (Å²) in [4.78, 5) is 16.4. The number of hydrogen-bond acceptors (Lipinski definition) is 3. The quantitative estimate of drug-likeness (QED) is 0.323. The van der Waals surface area contributed by atoms with Gasteiger partial charge in [-0.25, -0.2) is 4.79 Å². The Labute approximate surface area is 155 Å². The largest absolute Gasteiger partial charge is 0.423 e. The SMILES string of the molecule is O=C(Oc1ccc(C=Nc2ccc(Cl)cc2)cc1)c1ccc(Cl)cc1. The van der Waals surface area contributed by atoms with Crippen LogP contribution in [0.5, 0.6) is 5.75 Å². The number of halogens is 2. The molecule has 3 aromatic carbocycles. The van der Waals surface area contributed by atoms with Crippen LogP contribution in [0, 0.1) is 0 Å². The van der Waals surface area contributed by atoms with Gasteiger partial charge >= 0.3 is 5.97 Å². The molecule has 0 aromatic heterocycles. The fraction of sp³-hybridized carbons (Fsp3) is 0. The van der Waals surface area contributed by atoms with E-state index < -0.39 is 5.97 Å². The molecule has 0 aliphatic carbocycles.